The second-order valence-electron chi connectivity index (χ2n) is 4.74. The summed E-state index contributed by atoms with van der Waals surface area (Å²) in [6.45, 7) is 4.31. The van der Waals surface area contributed by atoms with Crippen molar-refractivity contribution in [3.8, 4) is 0 Å². The van der Waals surface area contributed by atoms with Crippen LogP contribution in [0.4, 0.5) is 0 Å². The summed E-state index contributed by atoms with van der Waals surface area (Å²) in [7, 11) is 0. The maximum absolute atomic E-state index is 10.8. The third-order valence-corrected chi connectivity index (χ3v) is 3.92. The number of benzene rings is 1. The summed E-state index contributed by atoms with van der Waals surface area (Å²) in [5.41, 5.74) is 1.93. The minimum Gasteiger partial charge on any atom is -0.385 e. The zero-order valence-corrected chi connectivity index (χ0v) is 9.66. The Balaban J connectivity index is 2.44. The van der Waals surface area contributed by atoms with Crippen molar-refractivity contribution in [2.24, 2.45) is 5.92 Å². The van der Waals surface area contributed by atoms with Crippen LogP contribution in [0.3, 0.4) is 0 Å². The van der Waals surface area contributed by atoms with E-state index in [-0.39, 0.29) is 0 Å². The van der Waals surface area contributed by atoms with Crippen LogP contribution in [0.5, 0.6) is 0 Å². The SMILES string of the molecule is CCC(C)C1(O)CCCc2ccccc21. The smallest absolute Gasteiger partial charge is 0.0924 e. The van der Waals surface area contributed by atoms with Gasteiger partial charge in [0.15, 0.2) is 0 Å². The van der Waals surface area contributed by atoms with Gasteiger partial charge in [-0.1, -0.05) is 44.5 Å². The fraction of sp³-hybridized carbons (Fsp3) is 0.571. The van der Waals surface area contributed by atoms with E-state index >= 15 is 0 Å². The van der Waals surface area contributed by atoms with Crippen LogP contribution in [-0.2, 0) is 12.0 Å². The molecule has 0 aliphatic heterocycles. The topological polar surface area (TPSA) is 20.2 Å². The summed E-state index contributed by atoms with van der Waals surface area (Å²) < 4.78 is 0. The molecule has 2 unspecified atom stereocenters. The van der Waals surface area contributed by atoms with Crippen LogP contribution in [0.1, 0.15) is 44.2 Å². The van der Waals surface area contributed by atoms with E-state index in [1.165, 1.54) is 11.1 Å². The second kappa shape index (κ2) is 3.97. The zero-order chi connectivity index (χ0) is 10.9. The normalized spacial score (nSPS) is 27.1. The fourth-order valence-corrected chi connectivity index (χ4v) is 2.69. The third kappa shape index (κ3) is 1.69. The molecule has 1 aliphatic rings. The summed E-state index contributed by atoms with van der Waals surface area (Å²) in [6.07, 6.45) is 4.18. The summed E-state index contributed by atoms with van der Waals surface area (Å²) in [5.74, 6) is 0.346. The van der Waals surface area contributed by atoms with Gasteiger partial charge in [-0.05, 0) is 36.3 Å². The van der Waals surface area contributed by atoms with Gasteiger partial charge in [0, 0.05) is 0 Å². The van der Waals surface area contributed by atoms with Crippen molar-refractivity contribution < 1.29 is 5.11 Å². The summed E-state index contributed by atoms with van der Waals surface area (Å²) in [6, 6.07) is 8.36. The van der Waals surface area contributed by atoms with Crippen molar-refractivity contribution in [3.63, 3.8) is 0 Å². The van der Waals surface area contributed by atoms with Crippen LogP contribution < -0.4 is 0 Å². The molecule has 0 bridgehead atoms. The van der Waals surface area contributed by atoms with E-state index in [4.69, 9.17) is 0 Å². The fourth-order valence-electron chi connectivity index (χ4n) is 2.69. The Labute approximate surface area is 92.1 Å². The molecule has 2 rings (SSSR count). The van der Waals surface area contributed by atoms with E-state index in [9.17, 15) is 5.11 Å². The van der Waals surface area contributed by atoms with Crippen LogP contribution in [0.2, 0.25) is 0 Å². The van der Waals surface area contributed by atoms with E-state index < -0.39 is 5.60 Å². The highest BCUT2D eigenvalue weighted by Gasteiger charge is 2.37. The van der Waals surface area contributed by atoms with Gasteiger partial charge in [-0.25, -0.2) is 0 Å². The highest BCUT2D eigenvalue weighted by molar-refractivity contribution is 5.35. The number of hydrogen-bond acceptors (Lipinski definition) is 1. The first-order valence-corrected chi connectivity index (χ1v) is 5.99. The van der Waals surface area contributed by atoms with E-state index in [1.807, 2.05) is 6.07 Å². The van der Waals surface area contributed by atoms with E-state index in [0.29, 0.717) is 5.92 Å². The van der Waals surface area contributed by atoms with Gasteiger partial charge in [0.25, 0.3) is 0 Å². The summed E-state index contributed by atoms with van der Waals surface area (Å²) in [4.78, 5) is 0. The second-order valence-corrected chi connectivity index (χ2v) is 4.74. The highest BCUT2D eigenvalue weighted by atomic mass is 16.3. The lowest BCUT2D eigenvalue weighted by molar-refractivity contribution is -0.0340. The monoisotopic (exact) mass is 204 g/mol. The highest BCUT2D eigenvalue weighted by Crippen LogP contribution is 2.41. The van der Waals surface area contributed by atoms with Crippen LogP contribution in [0.25, 0.3) is 0 Å². The molecule has 0 radical (unpaired) electrons. The number of aliphatic hydroxyl groups is 1. The third-order valence-electron chi connectivity index (χ3n) is 3.92. The Kier molecular flexibility index (Phi) is 2.83. The average molecular weight is 204 g/mol. The first-order valence-electron chi connectivity index (χ1n) is 5.99. The van der Waals surface area contributed by atoms with Gasteiger partial charge >= 0.3 is 0 Å². The summed E-state index contributed by atoms with van der Waals surface area (Å²) in [5, 5.41) is 10.8. The number of fused-ring (bicyclic) bond motifs is 1. The molecule has 1 nitrogen and oxygen atoms in total. The average Bonchev–Trinajstić information content (AvgIpc) is 2.28. The molecule has 1 aromatic rings. The van der Waals surface area contributed by atoms with Crippen molar-refractivity contribution in [3.05, 3.63) is 35.4 Å². The van der Waals surface area contributed by atoms with E-state index in [2.05, 4.69) is 32.0 Å². The van der Waals surface area contributed by atoms with Gasteiger partial charge in [0.1, 0.15) is 0 Å². The standard InChI is InChI=1S/C14H20O/c1-3-11(2)14(15)10-6-8-12-7-4-5-9-13(12)14/h4-5,7,9,11,15H,3,6,8,10H2,1-2H3. The Bertz CT molecular complexity index is 345. The Morgan fingerprint density at radius 2 is 2.13 bits per heavy atom. The van der Waals surface area contributed by atoms with Gasteiger partial charge < -0.3 is 5.11 Å². The lowest BCUT2D eigenvalue weighted by Gasteiger charge is -2.39. The molecular weight excluding hydrogens is 184 g/mol. The summed E-state index contributed by atoms with van der Waals surface area (Å²) >= 11 is 0. The molecule has 2 atom stereocenters. The largest absolute Gasteiger partial charge is 0.385 e. The molecule has 0 heterocycles. The lowest BCUT2D eigenvalue weighted by atomic mass is 9.71. The Morgan fingerprint density at radius 1 is 1.40 bits per heavy atom. The van der Waals surface area contributed by atoms with Crippen LogP contribution in [0, 0.1) is 5.92 Å². The molecule has 82 valence electrons. The predicted octanol–water partition coefficient (Wildman–Crippen LogP) is 3.26. The van der Waals surface area contributed by atoms with Crippen LogP contribution >= 0.6 is 0 Å². The van der Waals surface area contributed by atoms with Gasteiger partial charge in [-0.3, -0.25) is 0 Å². The first-order chi connectivity index (χ1) is 7.18. The Hall–Kier alpha value is -0.820. The van der Waals surface area contributed by atoms with Crippen molar-refractivity contribution in [1.29, 1.82) is 0 Å². The van der Waals surface area contributed by atoms with Crippen molar-refractivity contribution in [1.82, 2.24) is 0 Å². The van der Waals surface area contributed by atoms with Crippen molar-refractivity contribution in [2.75, 3.05) is 0 Å². The van der Waals surface area contributed by atoms with Crippen LogP contribution in [0.15, 0.2) is 24.3 Å². The van der Waals surface area contributed by atoms with E-state index in [0.717, 1.165) is 25.7 Å². The van der Waals surface area contributed by atoms with Gasteiger partial charge in [0.05, 0.1) is 5.60 Å². The van der Waals surface area contributed by atoms with Gasteiger partial charge in [0.2, 0.25) is 0 Å². The molecule has 1 aromatic carbocycles. The molecular formula is C14H20O. The quantitative estimate of drug-likeness (QED) is 0.784. The molecule has 1 heteroatoms. The first kappa shape index (κ1) is 10.7. The Morgan fingerprint density at radius 3 is 2.87 bits per heavy atom. The van der Waals surface area contributed by atoms with Gasteiger partial charge in [-0.2, -0.15) is 0 Å². The molecule has 0 saturated heterocycles. The molecule has 15 heavy (non-hydrogen) atoms. The molecule has 0 saturated carbocycles. The van der Waals surface area contributed by atoms with Crippen molar-refractivity contribution in [2.45, 2.75) is 45.1 Å². The number of hydrogen-bond donors (Lipinski definition) is 1. The minimum atomic E-state index is -0.580. The van der Waals surface area contributed by atoms with Crippen LogP contribution in [-0.4, -0.2) is 5.11 Å². The van der Waals surface area contributed by atoms with E-state index in [1.54, 1.807) is 0 Å². The number of aryl methyl sites for hydroxylation is 1. The molecule has 1 aliphatic carbocycles. The molecule has 0 spiro atoms. The molecule has 1 N–H and O–H groups in total. The predicted molar refractivity (Wildman–Crippen MR) is 62.7 cm³/mol. The maximum atomic E-state index is 10.8. The minimum absolute atomic E-state index is 0.346. The maximum Gasteiger partial charge on any atom is 0.0924 e. The lowest BCUT2D eigenvalue weighted by Crippen LogP contribution is -2.36. The molecule has 0 aromatic heterocycles. The molecule has 0 fully saturated rings. The zero-order valence-electron chi connectivity index (χ0n) is 9.66. The number of rotatable bonds is 2. The van der Waals surface area contributed by atoms with Crippen molar-refractivity contribution >= 4 is 0 Å². The van der Waals surface area contributed by atoms with Gasteiger partial charge in [-0.15, -0.1) is 0 Å². The molecule has 0 amide bonds.